The Morgan fingerprint density at radius 1 is 1.29 bits per heavy atom. The molecule has 0 bridgehead atoms. The molecule has 0 fully saturated rings. The van der Waals surface area contributed by atoms with Gasteiger partial charge in [0.05, 0.1) is 11.3 Å². The Hall–Kier alpha value is -2.11. The van der Waals surface area contributed by atoms with Crippen molar-refractivity contribution in [3.8, 4) is 0 Å². The van der Waals surface area contributed by atoms with Crippen molar-refractivity contribution in [1.82, 2.24) is 15.6 Å². The van der Waals surface area contributed by atoms with E-state index in [9.17, 15) is 9.59 Å². The summed E-state index contributed by atoms with van der Waals surface area (Å²) in [7, 11) is 0. The van der Waals surface area contributed by atoms with Gasteiger partial charge >= 0.3 is 0 Å². The zero-order valence-electron chi connectivity index (χ0n) is 13.1. The molecular weight excluding hydrogens is 268 g/mol. The topological polar surface area (TPSA) is 83.1 Å². The van der Waals surface area contributed by atoms with Gasteiger partial charge in [-0.05, 0) is 25.8 Å². The molecule has 0 aliphatic rings. The third kappa shape index (κ3) is 5.41. The molecule has 0 saturated heterocycles. The fourth-order valence-corrected chi connectivity index (χ4v) is 1.72. The molecule has 0 spiro atoms. The molecule has 1 atom stereocenters. The Bertz CT molecular complexity index is 488. The Labute approximate surface area is 125 Å². The molecule has 1 rings (SSSR count). The number of carbonyl (C=O) groups is 2. The van der Waals surface area contributed by atoms with Gasteiger partial charge in [0.15, 0.2) is 0 Å². The first kappa shape index (κ1) is 16.9. The number of carbonyl (C=O) groups excluding carboxylic acids is 2. The average molecular weight is 292 g/mol. The number of rotatable bonds is 7. The van der Waals surface area contributed by atoms with E-state index >= 15 is 0 Å². The molecule has 1 heterocycles. The van der Waals surface area contributed by atoms with Gasteiger partial charge < -0.3 is 16.0 Å². The summed E-state index contributed by atoms with van der Waals surface area (Å²) in [5.74, 6) is -0.132. The highest BCUT2D eigenvalue weighted by Gasteiger charge is 2.18. The maximum Gasteiger partial charge on any atom is 0.255 e. The lowest BCUT2D eigenvalue weighted by Gasteiger charge is -2.16. The van der Waals surface area contributed by atoms with Crippen molar-refractivity contribution in [2.45, 2.75) is 33.7 Å². The van der Waals surface area contributed by atoms with Gasteiger partial charge in [0.25, 0.3) is 5.91 Å². The average Bonchev–Trinajstić information content (AvgIpc) is 2.45. The van der Waals surface area contributed by atoms with Crippen molar-refractivity contribution in [3.05, 3.63) is 24.0 Å². The van der Waals surface area contributed by atoms with Gasteiger partial charge in [0, 0.05) is 25.5 Å². The summed E-state index contributed by atoms with van der Waals surface area (Å²) in [4.78, 5) is 28.0. The third-order valence-electron chi connectivity index (χ3n) is 2.86. The van der Waals surface area contributed by atoms with E-state index in [-0.39, 0.29) is 11.8 Å². The predicted molar refractivity (Wildman–Crippen MR) is 83.2 cm³/mol. The molecule has 0 radical (unpaired) electrons. The molecule has 1 aromatic rings. The monoisotopic (exact) mass is 292 g/mol. The van der Waals surface area contributed by atoms with E-state index in [2.05, 4.69) is 20.9 Å². The standard InChI is InChI=1S/C15H24N4O2/c1-5-17-13-6-7-16-9-12(13)15(21)19-11(4)14(20)18-8-10(2)3/h6-7,9-11H,5,8H2,1-4H3,(H,16,17)(H,18,20)(H,19,21). The van der Waals surface area contributed by atoms with Gasteiger partial charge in [-0.2, -0.15) is 0 Å². The first-order valence-electron chi connectivity index (χ1n) is 7.22. The molecule has 0 aliphatic heterocycles. The van der Waals surface area contributed by atoms with E-state index in [1.807, 2.05) is 20.8 Å². The second-order valence-electron chi connectivity index (χ2n) is 5.29. The molecule has 3 N–H and O–H groups in total. The highest BCUT2D eigenvalue weighted by atomic mass is 16.2. The molecule has 0 saturated carbocycles. The molecule has 21 heavy (non-hydrogen) atoms. The maximum atomic E-state index is 12.2. The van der Waals surface area contributed by atoms with Gasteiger partial charge in [0.1, 0.15) is 6.04 Å². The van der Waals surface area contributed by atoms with Crippen molar-refractivity contribution < 1.29 is 9.59 Å². The quantitative estimate of drug-likeness (QED) is 0.709. The summed E-state index contributed by atoms with van der Waals surface area (Å²) in [6.07, 6.45) is 3.11. The van der Waals surface area contributed by atoms with Gasteiger partial charge in [-0.15, -0.1) is 0 Å². The van der Waals surface area contributed by atoms with Crippen LogP contribution < -0.4 is 16.0 Å². The number of nitrogens with zero attached hydrogens (tertiary/aromatic N) is 1. The van der Waals surface area contributed by atoms with Gasteiger partial charge in [-0.3, -0.25) is 14.6 Å². The maximum absolute atomic E-state index is 12.2. The number of nitrogens with one attached hydrogen (secondary N) is 3. The highest BCUT2D eigenvalue weighted by molar-refractivity contribution is 6.01. The summed E-state index contributed by atoms with van der Waals surface area (Å²) in [6.45, 7) is 8.94. The zero-order valence-corrected chi connectivity index (χ0v) is 13.1. The number of hydrogen-bond donors (Lipinski definition) is 3. The van der Waals surface area contributed by atoms with Crippen molar-refractivity contribution in [2.75, 3.05) is 18.4 Å². The van der Waals surface area contributed by atoms with Crippen LogP contribution >= 0.6 is 0 Å². The number of hydrogen-bond acceptors (Lipinski definition) is 4. The molecular formula is C15H24N4O2. The van der Waals surface area contributed by atoms with E-state index in [1.54, 1.807) is 19.2 Å². The van der Waals surface area contributed by atoms with Crippen LogP contribution in [0.4, 0.5) is 5.69 Å². The van der Waals surface area contributed by atoms with E-state index in [0.717, 1.165) is 0 Å². The van der Waals surface area contributed by atoms with Crippen molar-refractivity contribution >= 4 is 17.5 Å². The van der Waals surface area contributed by atoms with Crippen LogP contribution in [0.15, 0.2) is 18.5 Å². The fraction of sp³-hybridized carbons (Fsp3) is 0.533. The van der Waals surface area contributed by atoms with Crippen LogP contribution in [-0.4, -0.2) is 35.9 Å². The Kier molecular flexibility index (Phi) is 6.65. The number of pyridine rings is 1. The summed E-state index contributed by atoms with van der Waals surface area (Å²) in [5, 5.41) is 8.58. The molecule has 0 aromatic carbocycles. The second-order valence-corrected chi connectivity index (χ2v) is 5.29. The predicted octanol–water partition coefficient (Wildman–Crippen LogP) is 1.40. The first-order chi connectivity index (χ1) is 9.95. The third-order valence-corrected chi connectivity index (χ3v) is 2.86. The minimum atomic E-state index is -0.592. The first-order valence-corrected chi connectivity index (χ1v) is 7.22. The molecule has 116 valence electrons. The molecule has 1 aromatic heterocycles. The van der Waals surface area contributed by atoms with Crippen LogP contribution in [0.2, 0.25) is 0 Å². The highest BCUT2D eigenvalue weighted by Crippen LogP contribution is 2.13. The second kappa shape index (κ2) is 8.24. The van der Waals surface area contributed by atoms with Gasteiger partial charge in [-0.1, -0.05) is 13.8 Å². The minimum Gasteiger partial charge on any atom is -0.385 e. The van der Waals surface area contributed by atoms with Crippen molar-refractivity contribution in [3.63, 3.8) is 0 Å². The lowest BCUT2D eigenvalue weighted by atomic mass is 10.2. The van der Waals surface area contributed by atoms with E-state index in [0.29, 0.717) is 30.3 Å². The Morgan fingerprint density at radius 3 is 2.62 bits per heavy atom. The normalized spacial score (nSPS) is 11.9. The molecule has 0 aliphatic carbocycles. The lowest BCUT2D eigenvalue weighted by molar-refractivity contribution is -0.122. The molecule has 6 nitrogen and oxygen atoms in total. The van der Waals surface area contributed by atoms with E-state index < -0.39 is 6.04 Å². The number of anilines is 1. The van der Waals surface area contributed by atoms with Crippen LogP contribution in [0.25, 0.3) is 0 Å². The Balaban J connectivity index is 2.66. The van der Waals surface area contributed by atoms with Gasteiger partial charge in [0.2, 0.25) is 5.91 Å². The van der Waals surface area contributed by atoms with Crippen LogP contribution in [0, 0.1) is 5.92 Å². The van der Waals surface area contributed by atoms with Crippen molar-refractivity contribution in [2.24, 2.45) is 5.92 Å². The minimum absolute atomic E-state index is 0.189. The van der Waals surface area contributed by atoms with Crippen LogP contribution in [0.1, 0.15) is 38.1 Å². The van der Waals surface area contributed by atoms with Crippen LogP contribution in [0.5, 0.6) is 0 Å². The SMILES string of the molecule is CCNc1ccncc1C(=O)NC(C)C(=O)NCC(C)C. The number of aromatic nitrogens is 1. The lowest BCUT2D eigenvalue weighted by Crippen LogP contribution is -2.45. The Morgan fingerprint density at radius 2 is 2.00 bits per heavy atom. The van der Waals surface area contributed by atoms with Crippen molar-refractivity contribution in [1.29, 1.82) is 0 Å². The fourth-order valence-electron chi connectivity index (χ4n) is 1.72. The van der Waals surface area contributed by atoms with E-state index in [1.165, 1.54) is 6.20 Å². The molecule has 6 heteroatoms. The smallest absolute Gasteiger partial charge is 0.255 e. The molecule has 1 unspecified atom stereocenters. The summed E-state index contributed by atoms with van der Waals surface area (Å²) < 4.78 is 0. The molecule has 2 amide bonds. The van der Waals surface area contributed by atoms with Gasteiger partial charge in [-0.25, -0.2) is 0 Å². The van der Waals surface area contributed by atoms with Crippen LogP contribution in [0.3, 0.4) is 0 Å². The van der Waals surface area contributed by atoms with Crippen LogP contribution in [-0.2, 0) is 4.79 Å². The number of amides is 2. The summed E-state index contributed by atoms with van der Waals surface area (Å²) >= 11 is 0. The summed E-state index contributed by atoms with van der Waals surface area (Å²) in [6, 6.07) is 1.15. The largest absolute Gasteiger partial charge is 0.385 e. The van der Waals surface area contributed by atoms with E-state index in [4.69, 9.17) is 0 Å². The zero-order chi connectivity index (χ0) is 15.8. The summed E-state index contributed by atoms with van der Waals surface area (Å²) in [5.41, 5.74) is 1.14.